The Morgan fingerprint density at radius 3 is 2.68 bits per heavy atom. The first kappa shape index (κ1) is 15.7. The maximum absolute atomic E-state index is 11.7. The van der Waals surface area contributed by atoms with Gasteiger partial charge in [-0.3, -0.25) is 14.9 Å². The third-order valence-electron chi connectivity index (χ3n) is 2.78. The summed E-state index contributed by atoms with van der Waals surface area (Å²) in [7, 11) is 0. The zero-order valence-electron chi connectivity index (χ0n) is 11.4. The number of nitrogens with zero attached hydrogens (tertiary/aromatic N) is 2. The average molecular weight is 318 g/mol. The molecule has 0 heterocycles. The van der Waals surface area contributed by atoms with E-state index in [2.05, 4.69) is 10.5 Å². The molecule has 1 N–H and O–H groups in total. The van der Waals surface area contributed by atoms with E-state index in [4.69, 9.17) is 11.6 Å². The van der Waals surface area contributed by atoms with Crippen LogP contribution in [0.25, 0.3) is 0 Å². The summed E-state index contributed by atoms with van der Waals surface area (Å²) in [6.07, 6.45) is 1.53. The number of halogens is 1. The number of rotatable bonds is 5. The first-order chi connectivity index (χ1) is 10.6. The molecule has 7 heteroatoms. The van der Waals surface area contributed by atoms with Gasteiger partial charge in [0.15, 0.2) is 0 Å². The van der Waals surface area contributed by atoms with Crippen LogP contribution in [0.5, 0.6) is 0 Å². The van der Waals surface area contributed by atoms with Gasteiger partial charge in [-0.1, -0.05) is 48.0 Å². The zero-order chi connectivity index (χ0) is 15.9. The molecule has 6 nitrogen and oxygen atoms in total. The number of nitro groups is 1. The summed E-state index contributed by atoms with van der Waals surface area (Å²) in [6, 6.07) is 13.5. The minimum atomic E-state index is -0.576. The second kappa shape index (κ2) is 7.33. The molecule has 0 aliphatic carbocycles. The lowest BCUT2D eigenvalue weighted by molar-refractivity contribution is -0.384. The summed E-state index contributed by atoms with van der Waals surface area (Å²) in [5, 5.41) is 14.6. The minimum absolute atomic E-state index is 0.0512. The lowest BCUT2D eigenvalue weighted by Crippen LogP contribution is -2.19. The van der Waals surface area contributed by atoms with Crippen LogP contribution in [-0.4, -0.2) is 17.0 Å². The molecular formula is C15H12ClN3O3. The molecule has 112 valence electrons. The minimum Gasteiger partial charge on any atom is -0.273 e. The third-order valence-corrected chi connectivity index (χ3v) is 3.10. The topological polar surface area (TPSA) is 84.6 Å². The smallest absolute Gasteiger partial charge is 0.273 e. The molecule has 0 atom stereocenters. The van der Waals surface area contributed by atoms with Crippen molar-refractivity contribution in [2.75, 3.05) is 0 Å². The van der Waals surface area contributed by atoms with E-state index in [1.165, 1.54) is 18.3 Å². The number of benzene rings is 2. The summed E-state index contributed by atoms with van der Waals surface area (Å²) < 4.78 is 0. The molecule has 0 saturated heterocycles. The largest absolute Gasteiger partial charge is 0.288 e. The maximum Gasteiger partial charge on any atom is 0.288 e. The fraction of sp³-hybridized carbons (Fsp3) is 0.0667. The van der Waals surface area contributed by atoms with Crippen molar-refractivity contribution < 1.29 is 9.72 Å². The fourth-order valence-electron chi connectivity index (χ4n) is 1.75. The van der Waals surface area contributed by atoms with E-state index in [0.29, 0.717) is 5.56 Å². The molecule has 0 aliphatic rings. The van der Waals surface area contributed by atoms with Crippen LogP contribution in [0.1, 0.15) is 11.1 Å². The molecule has 0 aromatic heterocycles. The fourth-order valence-corrected chi connectivity index (χ4v) is 1.94. The Labute approximate surface area is 131 Å². The number of amides is 1. The number of carbonyl (C=O) groups is 1. The Balaban J connectivity index is 1.96. The van der Waals surface area contributed by atoms with Gasteiger partial charge in [-0.2, -0.15) is 5.10 Å². The Morgan fingerprint density at radius 1 is 1.27 bits per heavy atom. The van der Waals surface area contributed by atoms with Crippen molar-refractivity contribution in [1.82, 2.24) is 5.43 Å². The van der Waals surface area contributed by atoms with E-state index >= 15 is 0 Å². The van der Waals surface area contributed by atoms with Gasteiger partial charge < -0.3 is 0 Å². The quantitative estimate of drug-likeness (QED) is 0.522. The van der Waals surface area contributed by atoms with Crippen molar-refractivity contribution in [2.45, 2.75) is 6.42 Å². The number of nitrogens with one attached hydrogen (secondary N) is 1. The number of nitro benzene ring substituents is 1. The molecule has 0 aliphatic heterocycles. The van der Waals surface area contributed by atoms with Crippen LogP contribution in [0.3, 0.4) is 0 Å². The highest BCUT2D eigenvalue weighted by Crippen LogP contribution is 2.24. The summed E-state index contributed by atoms with van der Waals surface area (Å²) >= 11 is 5.71. The van der Waals surface area contributed by atoms with Crippen LogP contribution in [0.4, 0.5) is 5.69 Å². The molecule has 2 rings (SSSR count). The highest BCUT2D eigenvalue weighted by molar-refractivity contribution is 6.32. The van der Waals surface area contributed by atoms with Crippen molar-refractivity contribution >= 4 is 29.4 Å². The summed E-state index contributed by atoms with van der Waals surface area (Å²) in [6.45, 7) is 0. The van der Waals surface area contributed by atoms with Crippen LogP contribution < -0.4 is 5.43 Å². The van der Waals surface area contributed by atoms with Crippen LogP contribution in [0, 0.1) is 10.1 Å². The normalized spacial score (nSPS) is 10.6. The molecule has 2 aromatic rings. The summed E-state index contributed by atoms with van der Waals surface area (Å²) in [5.74, 6) is -0.272. The lowest BCUT2D eigenvalue weighted by atomic mass is 10.1. The highest BCUT2D eigenvalue weighted by Gasteiger charge is 2.11. The van der Waals surface area contributed by atoms with E-state index < -0.39 is 4.92 Å². The number of hydrogen-bond acceptors (Lipinski definition) is 4. The van der Waals surface area contributed by atoms with Gasteiger partial charge in [-0.05, 0) is 11.6 Å². The molecule has 0 saturated carbocycles. The number of hydrogen-bond donors (Lipinski definition) is 1. The summed E-state index contributed by atoms with van der Waals surface area (Å²) in [4.78, 5) is 21.9. The van der Waals surface area contributed by atoms with Crippen molar-refractivity contribution in [3.63, 3.8) is 0 Å². The lowest BCUT2D eigenvalue weighted by Gasteiger charge is -2.00. The van der Waals surface area contributed by atoms with Gasteiger partial charge in [0, 0.05) is 11.6 Å². The van der Waals surface area contributed by atoms with E-state index in [-0.39, 0.29) is 23.0 Å². The molecule has 0 spiro atoms. The van der Waals surface area contributed by atoms with E-state index in [9.17, 15) is 14.9 Å². The molecule has 22 heavy (non-hydrogen) atoms. The maximum atomic E-state index is 11.7. The predicted octanol–water partition coefficient (Wildman–Crippen LogP) is 2.94. The molecule has 0 radical (unpaired) electrons. The van der Waals surface area contributed by atoms with Crippen molar-refractivity contribution in [2.24, 2.45) is 5.10 Å². The van der Waals surface area contributed by atoms with E-state index in [0.717, 1.165) is 5.56 Å². The number of carbonyl (C=O) groups excluding carboxylic acids is 1. The van der Waals surface area contributed by atoms with E-state index in [1.54, 1.807) is 6.07 Å². The molecule has 0 bridgehead atoms. The molecule has 2 aromatic carbocycles. The second-order valence-electron chi connectivity index (χ2n) is 4.42. The first-order valence-electron chi connectivity index (χ1n) is 6.36. The Kier molecular flexibility index (Phi) is 5.21. The average Bonchev–Trinajstić information content (AvgIpc) is 2.49. The van der Waals surface area contributed by atoms with Crippen molar-refractivity contribution in [3.8, 4) is 0 Å². The molecular weight excluding hydrogens is 306 g/mol. The summed E-state index contributed by atoms with van der Waals surface area (Å²) in [5.41, 5.74) is 3.50. The second-order valence-corrected chi connectivity index (χ2v) is 4.83. The van der Waals surface area contributed by atoms with Crippen molar-refractivity contribution in [3.05, 3.63) is 74.8 Å². The first-order valence-corrected chi connectivity index (χ1v) is 6.74. The molecule has 1 amide bonds. The van der Waals surface area contributed by atoms with Gasteiger partial charge in [-0.15, -0.1) is 0 Å². The van der Waals surface area contributed by atoms with Crippen LogP contribution in [0.2, 0.25) is 5.02 Å². The Morgan fingerprint density at radius 2 is 2.00 bits per heavy atom. The van der Waals surface area contributed by atoms with Gasteiger partial charge >= 0.3 is 0 Å². The van der Waals surface area contributed by atoms with Crippen LogP contribution >= 0.6 is 11.6 Å². The molecule has 0 unspecified atom stereocenters. The zero-order valence-corrected chi connectivity index (χ0v) is 12.2. The van der Waals surface area contributed by atoms with Gasteiger partial charge in [0.25, 0.3) is 5.69 Å². The van der Waals surface area contributed by atoms with Crippen LogP contribution in [0.15, 0.2) is 53.6 Å². The van der Waals surface area contributed by atoms with E-state index in [1.807, 2.05) is 30.3 Å². The Bertz CT molecular complexity index is 717. The third kappa shape index (κ3) is 4.39. The van der Waals surface area contributed by atoms with Crippen LogP contribution in [-0.2, 0) is 11.2 Å². The standard InChI is InChI=1S/C15H12ClN3O3/c16-13-7-6-12(8-14(13)19(21)22)10-17-18-15(20)9-11-4-2-1-3-5-11/h1-8,10H,9H2,(H,18,20)/b17-10-. The molecule has 0 fully saturated rings. The predicted molar refractivity (Wildman–Crippen MR) is 84.0 cm³/mol. The van der Waals surface area contributed by atoms with Gasteiger partial charge in [0.05, 0.1) is 17.6 Å². The Hall–Kier alpha value is -2.73. The van der Waals surface area contributed by atoms with Gasteiger partial charge in [0.2, 0.25) is 5.91 Å². The van der Waals surface area contributed by atoms with Gasteiger partial charge in [-0.25, -0.2) is 5.43 Å². The SMILES string of the molecule is O=C(Cc1ccccc1)N/N=C\c1ccc(Cl)c([N+](=O)[O-])c1. The van der Waals surface area contributed by atoms with Crippen molar-refractivity contribution in [1.29, 1.82) is 0 Å². The van der Waals surface area contributed by atoms with Gasteiger partial charge in [0.1, 0.15) is 5.02 Å². The highest BCUT2D eigenvalue weighted by atomic mass is 35.5. The monoisotopic (exact) mass is 317 g/mol. The number of hydrazone groups is 1.